The van der Waals surface area contributed by atoms with E-state index in [4.69, 9.17) is 15.6 Å². The summed E-state index contributed by atoms with van der Waals surface area (Å²) in [6, 6.07) is 10.1. The van der Waals surface area contributed by atoms with E-state index in [-0.39, 0.29) is 12.5 Å². The van der Waals surface area contributed by atoms with Crippen LogP contribution in [0.3, 0.4) is 0 Å². The third-order valence-corrected chi connectivity index (χ3v) is 5.59. The average Bonchev–Trinajstić information content (AvgIpc) is 3.26. The van der Waals surface area contributed by atoms with Crippen molar-refractivity contribution in [2.45, 2.75) is 25.9 Å². The molecule has 27 heavy (non-hydrogen) atoms. The van der Waals surface area contributed by atoms with Gasteiger partial charge >= 0.3 is 0 Å². The molecule has 3 rings (SSSR count). The van der Waals surface area contributed by atoms with E-state index in [0.717, 1.165) is 15.3 Å². The summed E-state index contributed by atoms with van der Waals surface area (Å²) in [4.78, 5) is 14.8. The number of pyridine rings is 1. The van der Waals surface area contributed by atoms with Crippen LogP contribution in [0.1, 0.15) is 27.9 Å². The monoisotopic (exact) mass is 399 g/mol. The van der Waals surface area contributed by atoms with Crippen molar-refractivity contribution in [2.24, 2.45) is 5.73 Å². The van der Waals surface area contributed by atoms with Crippen molar-refractivity contribution in [2.75, 3.05) is 5.32 Å². The molecule has 0 amide bonds. The predicted octanol–water partition coefficient (Wildman–Crippen LogP) is 3.30. The zero-order chi connectivity index (χ0) is 19.8. The number of nitrogens with two attached hydrogens (primary N) is 1. The summed E-state index contributed by atoms with van der Waals surface area (Å²) in [6.45, 7) is 2.33. The maximum absolute atomic E-state index is 9.53. The molecule has 7 nitrogen and oxygen atoms in total. The fraction of sp³-hybridized carbons (Fsp3) is 0.222. The second-order valence-electron chi connectivity index (χ2n) is 5.58. The molecule has 3 aromatic rings. The predicted molar refractivity (Wildman–Crippen MR) is 107 cm³/mol. The Bertz CT molecular complexity index is 998. The van der Waals surface area contributed by atoms with Crippen molar-refractivity contribution in [3.63, 3.8) is 0 Å². The average molecular weight is 400 g/mol. The number of aromatic nitrogens is 1. The summed E-state index contributed by atoms with van der Waals surface area (Å²) in [6.07, 6.45) is 0.621. The van der Waals surface area contributed by atoms with Gasteiger partial charge in [0.2, 0.25) is 0 Å². The Labute approximate surface area is 164 Å². The van der Waals surface area contributed by atoms with E-state index in [0.29, 0.717) is 29.7 Å². The highest BCUT2D eigenvalue weighted by Gasteiger charge is 2.18. The van der Waals surface area contributed by atoms with Crippen molar-refractivity contribution in [3.05, 3.63) is 44.6 Å². The number of fused-ring (bicyclic) bond motifs is 1. The van der Waals surface area contributed by atoms with E-state index < -0.39 is 0 Å². The molecule has 0 saturated heterocycles. The lowest BCUT2D eigenvalue weighted by Gasteiger charge is -2.06. The highest BCUT2D eigenvalue weighted by molar-refractivity contribution is 7.20. The molecular weight excluding hydrogens is 382 g/mol. The van der Waals surface area contributed by atoms with Crippen LogP contribution in [0.15, 0.2) is 23.6 Å². The molecule has 0 aliphatic rings. The summed E-state index contributed by atoms with van der Waals surface area (Å²) in [5.74, 6) is 0. The molecule has 3 heterocycles. The van der Waals surface area contributed by atoms with Crippen molar-refractivity contribution >= 4 is 45.0 Å². The molecule has 0 fully saturated rings. The van der Waals surface area contributed by atoms with E-state index in [1.807, 2.05) is 18.4 Å². The van der Waals surface area contributed by atoms with Crippen LogP contribution in [-0.4, -0.2) is 22.6 Å². The number of nitrogens with one attached hydrogen (secondary N) is 1. The van der Waals surface area contributed by atoms with Gasteiger partial charge in [-0.3, -0.25) is 4.79 Å². The molecule has 0 aliphatic carbocycles. The number of hydrogen-bond donors (Lipinski definition) is 3. The van der Waals surface area contributed by atoms with Crippen LogP contribution in [0.4, 0.5) is 5.69 Å². The van der Waals surface area contributed by atoms with Gasteiger partial charge in [0.25, 0.3) is 6.47 Å². The van der Waals surface area contributed by atoms with Crippen LogP contribution in [0.2, 0.25) is 0 Å². The first-order valence-electron chi connectivity index (χ1n) is 7.90. The number of carboxylic acid groups (broad SMARTS) is 1. The van der Waals surface area contributed by atoms with Crippen LogP contribution >= 0.6 is 22.7 Å². The number of nitriles is 2. The lowest BCUT2D eigenvalue weighted by molar-refractivity contribution is -0.122. The van der Waals surface area contributed by atoms with Crippen molar-refractivity contribution in [1.82, 2.24) is 4.98 Å². The van der Waals surface area contributed by atoms with Gasteiger partial charge < -0.3 is 16.2 Å². The van der Waals surface area contributed by atoms with Crippen molar-refractivity contribution in [3.8, 4) is 12.1 Å². The second kappa shape index (κ2) is 9.64. The van der Waals surface area contributed by atoms with E-state index >= 15 is 0 Å². The third kappa shape index (κ3) is 5.02. The second-order valence-corrected chi connectivity index (χ2v) is 7.71. The maximum atomic E-state index is 9.53. The minimum absolute atomic E-state index is 0.0388. The smallest absolute Gasteiger partial charge is 0.290 e. The zero-order valence-electron chi connectivity index (χ0n) is 14.5. The first-order chi connectivity index (χ1) is 13.0. The highest BCUT2D eigenvalue weighted by Crippen LogP contribution is 2.36. The van der Waals surface area contributed by atoms with Gasteiger partial charge in [-0.05, 0) is 30.9 Å². The Morgan fingerprint density at radius 3 is 2.74 bits per heavy atom. The Balaban J connectivity index is 0.000000817. The standard InChI is InChI=1S/C17H15N5S2.CH2O2/c1-10(20)5-15-13(8-19)16-17(24-15)14(6-11(7-18)22-16)21-9-12-3-2-4-23-12;2-1-3/h2-4,6,10H,5,9,20H2,1H3,(H,21,22);1H,(H,2,3)/t10-;/m0./s1. The molecule has 0 unspecified atom stereocenters. The van der Waals surface area contributed by atoms with Crippen LogP contribution in [-0.2, 0) is 17.8 Å². The summed E-state index contributed by atoms with van der Waals surface area (Å²) >= 11 is 3.20. The SMILES string of the molecule is C[C@H](N)Cc1sc2c(NCc3cccs3)cc(C#N)nc2c1C#N.O=CO. The van der Waals surface area contributed by atoms with Gasteiger partial charge in [0.05, 0.1) is 16.0 Å². The molecule has 0 aromatic carbocycles. The maximum Gasteiger partial charge on any atom is 0.290 e. The summed E-state index contributed by atoms with van der Waals surface area (Å²) in [5, 5.41) is 31.1. The Hall–Kier alpha value is -2.98. The van der Waals surface area contributed by atoms with E-state index in [1.54, 1.807) is 17.4 Å². The van der Waals surface area contributed by atoms with Crippen LogP contribution in [0, 0.1) is 22.7 Å². The van der Waals surface area contributed by atoms with Gasteiger partial charge in [-0.2, -0.15) is 10.5 Å². The molecule has 9 heteroatoms. The largest absolute Gasteiger partial charge is 0.483 e. The fourth-order valence-corrected chi connectivity index (χ4v) is 4.41. The highest BCUT2D eigenvalue weighted by atomic mass is 32.1. The van der Waals surface area contributed by atoms with E-state index in [2.05, 4.69) is 28.5 Å². The van der Waals surface area contributed by atoms with Crippen LogP contribution in [0.25, 0.3) is 10.2 Å². The summed E-state index contributed by atoms with van der Waals surface area (Å²) in [7, 11) is 0. The summed E-state index contributed by atoms with van der Waals surface area (Å²) in [5.41, 5.74) is 8.16. The number of anilines is 1. The first kappa shape index (κ1) is 20.3. The quantitative estimate of drug-likeness (QED) is 0.560. The number of rotatable bonds is 5. The third-order valence-electron chi connectivity index (χ3n) is 3.48. The van der Waals surface area contributed by atoms with Gasteiger partial charge in [-0.15, -0.1) is 22.7 Å². The molecule has 0 aliphatic heterocycles. The van der Waals surface area contributed by atoms with Gasteiger partial charge in [0.1, 0.15) is 23.3 Å². The Kier molecular flexibility index (Phi) is 7.26. The summed E-state index contributed by atoms with van der Waals surface area (Å²) < 4.78 is 0.901. The van der Waals surface area contributed by atoms with Crippen molar-refractivity contribution < 1.29 is 9.90 Å². The molecule has 138 valence electrons. The van der Waals surface area contributed by atoms with E-state index in [1.165, 1.54) is 16.2 Å². The van der Waals surface area contributed by atoms with Crippen LogP contribution < -0.4 is 11.1 Å². The molecule has 0 spiro atoms. The molecule has 3 aromatic heterocycles. The Morgan fingerprint density at radius 1 is 1.44 bits per heavy atom. The minimum atomic E-state index is -0.250. The zero-order valence-corrected chi connectivity index (χ0v) is 16.1. The van der Waals surface area contributed by atoms with Gasteiger partial charge in [0, 0.05) is 22.3 Å². The molecule has 0 bridgehead atoms. The molecule has 4 N–H and O–H groups in total. The normalized spacial score (nSPS) is 11.0. The Morgan fingerprint density at radius 2 is 2.19 bits per heavy atom. The molecular formula is C18H17N5O2S2. The van der Waals surface area contributed by atoms with Crippen LogP contribution in [0.5, 0.6) is 0 Å². The molecule has 1 atom stereocenters. The molecule has 0 radical (unpaired) electrons. The topological polar surface area (TPSA) is 136 Å². The number of carbonyl (C=O) groups is 1. The number of thiophene rings is 2. The van der Waals surface area contributed by atoms with Gasteiger partial charge in [-0.25, -0.2) is 4.98 Å². The first-order valence-corrected chi connectivity index (χ1v) is 9.59. The van der Waals surface area contributed by atoms with Gasteiger partial charge in [-0.1, -0.05) is 6.07 Å². The number of hydrogen-bond acceptors (Lipinski definition) is 8. The lowest BCUT2D eigenvalue weighted by Crippen LogP contribution is -2.17. The molecule has 0 saturated carbocycles. The van der Waals surface area contributed by atoms with Crippen molar-refractivity contribution in [1.29, 1.82) is 10.5 Å². The van der Waals surface area contributed by atoms with E-state index in [9.17, 15) is 10.5 Å². The number of nitrogens with zero attached hydrogens (tertiary/aromatic N) is 3. The van der Waals surface area contributed by atoms with Gasteiger partial charge in [0.15, 0.2) is 0 Å². The minimum Gasteiger partial charge on any atom is -0.483 e. The fourth-order valence-electron chi connectivity index (χ4n) is 2.45. The lowest BCUT2D eigenvalue weighted by atomic mass is 10.1.